The number of aromatic hydroxyl groups is 1. The minimum absolute atomic E-state index is 0.103. The summed E-state index contributed by atoms with van der Waals surface area (Å²) in [6, 6.07) is 23.9. The minimum atomic E-state index is -0.362. The van der Waals surface area contributed by atoms with Gasteiger partial charge in [-0.25, -0.2) is 10.1 Å². The molecule has 1 heterocycles. The second kappa shape index (κ2) is 8.45. The number of hydrogen-bond donors (Lipinski definition) is 2. The van der Waals surface area contributed by atoms with Gasteiger partial charge in [0.1, 0.15) is 11.4 Å². The predicted molar refractivity (Wildman–Crippen MR) is 117 cm³/mol. The summed E-state index contributed by atoms with van der Waals surface area (Å²) in [5.74, 6) is -0.259. The first-order valence-electron chi connectivity index (χ1n) is 9.45. The molecule has 2 N–H and O–H groups in total. The van der Waals surface area contributed by atoms with Crippen molar-refractivity contribution in [1.82, 2.24) is 15.2 Å². The number of carbonyl (C=O) groups is 1. The van der Waals surface area contributed by atoms with Gasteiger partial charge in [-0.05, 0) is 49.4 Å². The molecule has 0 radical (unpaired) electrons. The normalized spacial score (nSPS) is 11.0. The molecule has 0 fully saturated rings. The van der Waals surface area contributed by atoms with Gasteiger partial charge in [0, 0.05) is 22.9 Å². The highest BCUT2D eigenvalue weighted by atomic mass is 16.3. The molecule has 0 atom stereocenters. The van der Waals surface area contributed by atoms with E-state index in [4.69, 9.17) is 5.10 Å². The van der Waals surface area contributed by atoms with E-state index in [1.54, 1.807) is 10.9 Å². The molecule has 148 valence electrons. The third-order valence-corrected chi connectivity index (χ3v) is 4.55. The zero-order valence-electron chi connectivity index (χ0n) is 16.4. The number of aryl methyl sites for hydroxylation is 1. The lowest BCUT2D eigenvalue weighted by Crippen LogP contribution is -2.17. The number of hydrazone groups is 1. The summed E-state index contributed by atoms with van der Waals surface area (Å²) in [6.07, 6.45) is 3.46. The van der Waals surface area contributed by atoms with Gasteiger partial charge in [0.2, 0.25) is 0 Å². The molecule has 1 aromatic heterocycles. The summed E-state index contributed by atoms with van der Waals surface area (Å²) in [4.78, 5) is 12.2. The zero-order chi connectivity index (χ0) is 20.9. The Bertz CT molecular complexity index is 1200. The lowest BCUT2D eigenvalue weighted by molar-refractivity contribution is 0.0955. The Labute approximate surface area is 174 Å². The number of para-hydroxylation sites is 1. The number of benzene rings is 3. The van der Waals surface area contributed by atoms with Crippen molar-refractivity contribution >= 4 is 12.1 Å². The minimum Gasteiger partial charge on any atom is -0.508 e. The number of phenols is 1. The van der Waals surface area contributed by atoms with Gasteiger partial charge in [-0.15, -0.1) is 0 Å². The first-order chi connectivity index (χ1) is 14.6. The fourth-order valence-corrected chi connectivity index (χ4v) is 3.05. The van der Waals surface area contributed by atoms with Crippen molar-refractivity contribution in [2.24, 2.45) is 5.10 Å². The molecular formula is C24H20N4O2. The molecule has 4 rings (SSSR count). The molecule has 0 aliphatic rings. The zero-order valence-corrected chi connectivity index (χ0v) is 16.4. The maximum absolute atomic E-state index is 12.2. The number of phenolic OH excluding ortho intramolecular Hbond substituents is 1. The molecule has 4 aromatic rings. The predicted octanol–water partition coefficient (Wildman–Crippen LogP) is 4.32. The number of amides is 1. The van der Waals surface area contributed by atoms with Crippen LogP contribution in [0.25, 0.3) is 16.9 Å². The highest BCUT2D eigenvalue weighted by Crippen LogP contribution is 2.23. The number of nitrogens with zero attached hydrogens (tertiary/aromatic N) is 3. The lowest BCUT2D eigenvalue weighted by atomic mass is 10.1. The average Bonchev–Trinajstić information content (AvgIpc) is 3.19. The SMILES string of the molecule is Cc1cccc(-c2nn(-c3ccccc3)cc2/C=N\NC(=O)c2ccc(O)cc2)c1. The highest BCUT2D eigenvalue weighted by Gasteiger charge is 2.12. The third kappa shape index (κ3) is 4.28. The number of aromatic nitrogens is 2. The van der Waals surface area contributed by atoms with E-state index < -0.39 is 0 Å². The van der Waals surface area contributed by atoms with Crippen molar-refractivity contribution in [2.75, 3.05) is 0 Å². The van der Waals surface area contributed by atoms with Gasteiger partial charge < -0.3 is 5.11 Å². The van der Waals surface area contributed by atoms with Crippen molar-refractivity contribution in [2.45, 2.75) is 6.92 Å². The van der Waals surface area contributed by atoms with E-state index in [9.17, 15) is 9.90 Å². The summed E-state index contributed by atoms with van der Waals surface area (Å²) in [6.45, 7) is 2.03. The van der Waals surface area contributed by atoms with Crippen LogP contribution in [-0.2, 0) is 0 Å². The fraction of sp³-hybridized carbons (Fsp3) is 0.0417. The van der Waals surface area contributed by atoms with Gasteiger partial charge in [-0.3, -0.25) is 4.79 Å². The van der Waals surface area contributed by atoms with Gasteiger partial charge in [0.15, 0.2) is 0 Å². The number of carbonyl (C=O) groups excluding carboxylic acids is 1. The molecule has 6 heteroatoms. The van der Waals surface area contributed by atoms with Crippen LogP contribution in [0.15, 0.2) is 90.2 Å². The highest BCUT2D eigenvalue weighted by molar-refractivity contribution is 5.95. The van der Waals surface area contributed by atoms with Crippen molar-refractivity contribution in [1.29, 1.82) is 0 Å². The van der Waals surface area contributed by atoms with Crippen LogP contribution in [0.2, 0.25) is 0 Å². The molecule has 0 spiro atoms. The van der Waals surface area contributed by atoms with Crippen molar-refractivity contribution in [3.63, 3.8) is 0 Å². The number of nitrogens with one attached hydrogen (secondary N) is 1. The largest absolute Gasteiger partial charge is 0.508 e. The Morgan fingerprint density at radius 3 is 2.53 bits per heavy atom. The van der Waals surface area contributed by atoms with E-state index in [0.717, 1.165) is 28.1 Å². The van der Waals surface area contributed by atoms with E-state index in [1.165, 1.54) is 24.3 Å². The van der Waals surface area contributed by atoms with Gasteiger partial charge in [-0.2, -0.15) is 10.2 Å². The summed E-state index contributed by atoms with van der Waals surface area (Å²) in [5.41, 5.74) is 7.49. The molecule has 0 unspecified atom stereocenters. The molecule has 30 heavy (non-hydrogen) atoms. The van der Waals surface area contributed by atoms with Crippen molar-refractivity contribution < 1.29 is 9.90 Å². The number of hydrogen-bond acceptors (Lipinski definition) is 4. The molecule has 0 saturated heterocycles. The Kier molecular flexibility index (Phi) is 5.39. The standard InChI is InChI=1S/C24H20N4O2/c1-17-6-5-7-19(14-17)23-20(16-28(27-23)21-8-3-2-4-9-21)15-25-26-24(30)18-10-12-22(29)13-11-18/h2-16,29H,1H3,(H,26,30)/b25-15-. The van der Waals surface area contributed by atoms with E-state index in [0.29, 0.717) is 5.56 Å². The van der Waals surface area contributed by atoms with Gasteiger partial charge in [-0.1, -0.05) is 42.0 Å². The second-order valence-corrected chi connectivity index (χ2v) is 6.83. The molecule has 1 amide bonds. The van der Waals surface area contributed by atoms with Crippen LogP contribution in [0.1, 0.15) is 21.5 Å². The summed E-state index contributed by atoms with van der Waals surface area (Å²) in [7, 11) is 0. The average molecular weight is 396 g/mol. The van der Waals surface area contributed by atoms with E-state index in [2.05, 4.69) is 16.6 Å². The van der Waals surface area contributed by atoms with Crippen LogP contribution >= 0.6 is 0 Å². The van der Waals surface area contributed by atoms with Crippen LogP contribution in [0.3, 0.4) is 0 Å². The monoisotopic (exact) mass is 396 g/mol. The quantitative estimate of drug-likeness (QED) is 0.390. The Balaban J connectivity index is 1.64. The molecule has 0 bridgehead atoms. The Hall–Kier alpha value is -4.19. The van der Waals surface area contributed by atoms with Crippen LogP contribution in [0.5, 0.6) is 5.75 Å². The first-order valence-corrected chi connectivity index (χ1v) is 9.45. The van der Waals surface area contributed by atoms with Crippen molar-refractivity contribution in [3.8, 4) is 22.7 Å². The van der Waals surface area contributed by atoms with Crippen LogP contribution < -0.4 is 5.43 Å². The molecule has 0 aliphatic carbocycles. The fourth-order valence-electron chi connectivity index (χ4n) is 3.05. The summed E-state index contributed by atoms with van der Waals surface area (Å²) < 4.78 is 1.79. The van der Waals surface area contributed by atoms with E-state index >= 15 is 0 Å². The molecule has 6 nitrogen and oxygen atoms in total. The molecule has 0 aliphatic heterocycles. The molecule has 0 saturated carbocycles. The van der Waals surface area contributed by atoms with Crippen LogP contribution in [0, 0.1) is 6.92 Å². The smallest absolute Gasteiger partial charge is 0.271 e. The first kappa shape index (κ1) is 19.1. The topological polar surface area (TPSA) is 79.5 Å². The van der Waals surface area contributed by atoms with E-state index in [1.807, 2.05) is 61.7 Å². The van der Waals surface area contributed by atoms with Gasteiger partial charge in [0.05, 0.1) is 11.9 Å². The van der Waals surface area contributed by atoms with Gasteiger partial charge >= 0.3 is 0 Å². The van der Waals surface area contributed by atoms with Gasteiger partial charge in [0.25, 0.3) is 5.91 Å². The Morgan fingerprint density at radius 2 is 1.80 bits per heavy atom. The maximum Gasteiger partial charge on any atom is 0.271 e. The van der Waals surface area contributed by atoms with Crippen LogP contribution in [0.4, 0.5) is 0 Å². The Morgan fingerprint density at radius 1 is 1.03 bits per heavy atom. The molecular weight excluding hydrogens is 376 g/mol. The van der Waals surface area contributed by atoms with E-state index in [-0.39, 0.29) is 11.7 Å². The van der Waals surface area contributed by atoms with Crippen molar-refractivity contribution in [3.05, 3.63) is 102 Å². The molecule has 3 aromatic carbocycles. The third-order valence-electron chi connectivity index (χ3n) is 4.55. The number of rotatable bonds is 5. The summed E-state index contributed by atoms with van der Waals surface area (Å²) >= 11 is 0. The lowest BCUT2D eigenvalue weighted by Gasteiger charge is -2.02. The maximum atomic E-state index is 12.2. The second-order valence-electron chi connectivity index (χ2n) is 6.83. The summed E-state index contributed by atoms with van der Waals surface area (Å²) in [5, 5.41) is 18.2. The van der Waals surface area contributed by atoms with Crippen LogP contribution in [-0.4, -0.2) is 27.0 Å².